The van der Waals surface area contributed by atoms with Gasteiger partial charge in [0.25, 0.3) is 0 Å². The normalized spacial score (nSPS) is 20.2. The Hall–Kier alpha value is -1.86. The number of nitrogens with zero attached hydrogens (tertiary/aromatic N) is 2. The van der Waals surface area contributed by atoms with Crippen molar-refractivity contribution in [3.63, 3.8) is 0 Å². The number of benzene rings is 1. The molecule has 5 nitrogen and oxygen atoms in total. The molecule has 0 unspecified atom stereocenters. The summed E-state index contributed by atoms with van der Waals surface area (Å²) in [5.41, 5.74) is 7.48. The molecular formula is C19H22BrN3O2S. The highest BCUT2D eigenvalue weighted by atomic mass is 79.9. The number of nitrogens with two attached hydrogens (primary N) is 1. The first-order valence-corrected chi connectivity index (χ1v) is 10.1. The molecule has 2 N–H and O–H groups in total. The van der Waals surface area contributed by atoms with Crippen LogP contribution >= 0.6 is 27.3 Å². The molecule has 2 heterocycles. The van der Waals surface area contributed by atoms with Crippen molar-refractivity contribution in [2.24, 2.45) is 10.7 Å². The number of hydrogen-bond donors (Lipinski definition) is 1. The Labute approximate surface area is 166 Å². The van der Waals surface area contributed by atoms with Crippen LogP contribution in [-0.2, 0) is 10.3 Å². The Morgan fingerprint density at radius 3 is 2.81 bits per heavy atom. The second kappa shape index (κ2) is 7.40. The van der Waals surface area contributed by atoms with E-state index in [1.54, 1.807) is 18.4 Å². The topological polar surface area (TPSA) is 67.9 Å². The van der Waals surface area contributed by atoms with Crippen molar-refractivity contribution in [3.8, 4) is 16.9 Å². The summed E-state index contributed by atoms with van der Waals surface area (Å²) in [4.78, 5) is 19.2. The first kappa shape index (κ1) is 18.9. The van der Waals surface area contributed by atoms with Crippen LogP contribution in [0, 0.1) is 0 Å². The molecule has 7 heteroatoms. The van der Waals surface area contributed by atoms with E-state index in [0.717, 1.165) is 32.6 Å². The number of aliphatic imine (C=N–C) groups is 1. The van der Waals surface area contributed by atoms with E-state index < -0.39 is 5.54 Å². The Bertz CT molecular complexity index is 864. The Morgan fingerprint density at radius 2 is 2.15 bits per heavy atom. The highest BCUT2D eigenvalue weighted by Crippen LogP contribution is 2.40. The van der Waals surface area contributed by atoms with E-state index in [1.807, 2.05) is 19.1 Å². The first-order valence-electron chi connectivity index (χ1n) is 8.47. The number of hydrogen-bond acceptors (Lipinski definition) is 5. The molecule has 1 aromatic carbocycles. The van der Waals surface area contributed by atoms with Gasteiger partial charge in [0.2, 0.25) is 5.91 Å². The molecule has 1 aliphatic heterocycles. The molecule has 26 heavy (non-hydrogen) atoms. The minimum atomic E-state index is -0.613. The molecule has 0 radical (unpaired) electrons. The molecule has 2 aromatic rings. The van der Waals surface area contributed by atoms with Gasteiger partial charge >= 0.3 is 0 Å². The molecule has 0 aliphatic carbocycles. The molecule has 0 spiro atoms. The summed E-state index contributed by atoms with van der Waals surface area (Å²) in [6, 6.07) is 8.16. The molecule has 138 valence electrons. The van der Waals surface area contributed by atoms with E-state index >= 15 is 0 Å². The van der Waals surface area contributed by atoms with Gasteiger partial charge < -0.3 is 10.5 Å². The van der Waals surface area contributed by atoms with Gasteiger partial charge in [-0.1, -0.05) is 13.0 Å². The zero-order chi connectivity index (χ0) is 18.9. The second-order valence-corrected chi connectivity index (χ2v) is 8.33. The molecule has 0 saturated carbocycles. The number of thiophene rings is 1. The second-order valence-electron chi connectivity index (χ2n) is 6.57. The van der Waals surface area contributed by atoms with Crippen LogP contribution in [0.3, 0.4) is 0 Å². The summed E-state index contributed by atoms with van der Waals surface area (Å²) in [7, 11) is 1.65. The molecule has 0 fully saturated rings. The average molecular weight is 436 g/mol. The van der Waals surface area contributed by atoms with Gasteiger partial charge in [-0.05, 0) is 64.0 Å². The van der Waals surface area contributed by atoms with Crippen LogP contribution in [0.1, 0.15) is 31.6 Å². The smallest absolute Gasteiger partial charge is 0.231 e. The Morgan fingerprint density at radius 1 is 1.38 bits per heavy atom. The average Bonchev–Trinajstić information content (AvgIpc) is 3.09. The minimum absolute atomic E-state index is 0.0184. The van der Waals surface area contributed by atoms with E-state index in [2.05, 4.69) is 45.4 Å². The van der Waals surface area contributed by atoms with Crippen LogP contribution in [-0.4, -0.2) is 30.4 Å². The van der Waals surface area contributed by atoms with Crippen LogP contribution in [0.5, 0.6) is 5.75 Å². The number of ether oxygens (including phenoxy) is 1. The number of carbonyl (C=O) groups is 1. The Balaban J connectivity index is 1.89. The molecule has 3 rings (SSSR count). The third-order valence-electron chi connectivity index (χ3n) is 4.43. The van der Waals surface area contributed by atoms with Gasteiger partial charge in [0.1, 0.15) is 11.3 Å². The van der Waals surface area contributed by atoms with E-state index in [0.29, 0.717) is 13.0 Å². The predicted octanol–water partition coefficient (Wildman–Crippen LogP) is 4.36. The lowest BCUT2D eigenvalue weighted by atomic mass is 9.93. The van der Waals surface area contributed by atoms with Crippen LogP contribution < -0.4 is 10.5 Å². The fraction of sp³-hybridized carbons (Fsp3) is 0.368. The maximum atomic E-state index is 12.2. The third-order valence-corrected chi connectivity index (χ3v) is 6.23. The number of halogens is 1. The van der Waals surface area contributed by atoms with Gasteiger partial charge in [0, 0.05) is 11.9 Å². The lowest BCUT2D eigenvalue weighted by molar-refractivity contribution is -0.128. The monoisotopic (exact) mass is 435 g/mol. The SMILES string of the molecule is CCCOc1ccc(-c2csc([C@]3(C)CC(=O)N(C)C(N)=N3)c2)cc1Br. The third kappa shape index (κ3) is 3.64. The van der Waals surface area contributed by atoms with Crippen molar-refractivity contribution >= 4 is 39.1 Å². The zero-order valence-corrected chi connectivity index (χ0v) is 17.5. The van der Waals surface area contributed by atoms with Gasteiger partial charge in [-0.15, -0.1) is 11.3 Å². The highest BCUT2D eigenvalue weighted by Gasteiger charge is 2.37. The molecule has 1 aromatic heterocycles. The lowest BCUT2D eigenvalue weighted by Crippen LogP contribution is -2.47. The van der Waals surface area contributed by atoms with E-state index in [1.165, 1.54) is 4.90 Å². The zero-order valence-electron chi connectivity index (χ0n) is 15.1. The van der Waals surface area contributed by atoms with Crippen molar-refractivity contribution in [2.75, 3.05) is 13.7 Å². The van der Waals surface area contributed by atoms with Crippen LogP contribution in [0.15, 0.2) is 39.1 Å². The van der Waals surface area contributed by atoms with Crippen LogP contribution in [0.25, 0.3) is 11.1 Å². The van der Waals surface area contributed by atoms with E-state index in [-0.39, 0.29) is 11.9 Å². The summed E-state index contributed by atoms with van der Waals surface area (Å²) in [5.74, 6) is 1.09. The van der Waals surface area contributed by atoms with E-state index in [4.69, 9.17) is 10.5 Å². The van der Waals surface area contributed by atoms with Crippen molar-refractivity contribution in [3.05, 3.63) is 39.0 Å². The molecule has 1 atom stereocenters. The van der Waals surface area contributed by atoms with E-state index in [9.17, 15) is 4.79 Å². The van der Waals surface area contributed by atoms with Crippen LogP contribution in [0.2, 0.25) is 0 Å². The largest absolute Gasteiger partial charge is 0.492 e. The molecule has 0 saturated heterocycles. The standard InChI is InChI=1S/C19H22BrN3O2S/c1-4-7-25-15-6-5-12(8-14(15)20)13-9-16(26-11-13)19(2)10-17(24)23(3)18(21)22-19/h5-6,8-9,11H,4,7,10H2,1-3H3,(H2,21,22)/t19-/m0/s1. The summed E-state index contributed by atoms with van der Waals surface area (Å²) in [6.45, 7) is 4.73. The number of guanidine groups is 1. The van der Waals surface area contributed by atoms with Gasteiger partial charge in [0.15, 0.2) is 5.96 Å². The van der Waals surface area contributed by atoms with Crippen LogP contribution in [0.4, 0.5) is 0 Å². The summed E-state index contributed by atoms with van der Waals surface area (Å²) in [6.07, 6.45) is 1.29. The number of carbonyl (C=O) groups excluding carboxylic acids is 1. The van der Waals surface area contributed by atoms with Crippen molar-refractivity contribution < 1.29 is 9.53 Å². The van der Waals surface area contributed by atoms with Crippen molar-refractivity contribution in [1.82, 2.24) is 4.90 Å². The fourth-order valence-electron chi connectivity index (χ4n) is 2.83. The first-order chi connectivity index (χ1) is 12.3. The Kier molecular flexibility index (Phi) is 5.39. The van der Waals surface area contributed by atoms with Gasteiger partial charge in [-0.25, -0.2) is 4.99 Å². The summed E-state index contributed by atoms with van der Waals surface area (Å²) >= 11 is 5.18. The molecule has 1 aliphatic rings. The quantitative estimate of drug-likeness (QED) is 0.758. The fourth-order valence-corrected chi connectivity index (χ4v) is 4.35. The minimum Gasteiger partial charge on any atom is -0.492 e. The molecule has 0 bridgehead atoms. The van der Waals surface area contributed by atoms with Gasteiger partial charge in [-0.2, -0.15) is 0 Å². The van der Waals surface area contributed by atoms with Gasteiger partial charge in [0.05, 0.1) is 17.5 Å². The summed E-state index contributed by atoms with van der Waals surface area (Å²) < 4.78 is 6.64. The summed E-state index contributed by atoms with van der Waals surface area (Å²) in [5, 5.41) is 2.09. The highest BCUT2D eigenvalue weighted by molar-refractivity contribution is 9.10. The predicted molar refractivity (Wildman–Crippen MR) is 110 cm³/mol. The van der Waals surface area contributed by atoms with Gasteiger partial charge in [-0.3, -0.25) is 9.69 Å². The molecule has 1 amide bonds. The number of rotatable bonds is 5. The maximum Gasteiger partial charge on any atom is 0.231 e. The maximum absolute atomic E-state index is 12.2. The van der Waals surface area contributed by atoms with Crippen molar-refractivity contribution in [2.45, 2.75) is 32.2 Å². The lowest BCUT2D eigenvalue weighted by Gasteiger charge is -2.32. The van der Waals surface area contributed by atoms with Crippen molar-refractivity contribution in [1.29, 1.82) is 0 Å². The number of amides is 1. The molecular weight excluding hydrogens is 414 g/mol.